The third-order valence-corrected chi connectivity index (χ3v) is 4.05. The van der Waals surface area contributed by atoms with Crippen LogP contribution in [0.4, 0.5) is 9.18 Å². The summed E-state index contributed by atoms with van der Waals surface area (Å²) < 4.78 is 13.1. The highest BCUT2D eigenvalue weighted by molar-refractivity contribution is 6.33. The average molecular weight is 357 g/mol. The van der Waals surface area contributed by atoms with E-state index >= 15 is 0 Å². The number of urea groups is 1. The van der Waals surface area contributed by atoms with Crippen LogP contribution in [0.3, 0.4) is 0 Å². The predicted molar refractivity (Wildman–Crippen MR) is 86.1 cm³/mol. The second-order valence-corrected chi connectivity index (χ2v) is 5.83. The van der Waals surface area contributed by atoms with Gasteiger partial charge in [-0.2, -0.15) is 0 Å². The first-order valence-corrected chi connectivity index (χ1v) is 7.80. The monoisotopic (exact) mass is 356 g/mol. The normalized spacial score (nSPS) is 15.2. The third-order valence-electron chi connectivity index (χ3n) is 3.74. The number of carbonyl (C=O) groups excluding carboxylic acids is 3. The van der Waals surface area contributed by atoms with Gasteiger partial charge in [0.1, 0.15) is 5.82 Å². The van der Waals surface area contributed by atoms with Crippen molar-refractivity contribution in [2.24, 2.45) is 5.73 Å². The molecule has 0 saturated carbocycles. The van der Waals surface area contributed by atoms with Crippen molar-refractivity contribution in [2.45, 2.75) is 6.42 Å². The molecule has 0 radical (unpaired) electrons. The maximum Gasteiger partial charge on any atom is 0.318 e. The summed E-state index contributed by atoms with van der Waals surface area (Å²) in [7, 11) is 0. The summed E-state index contributed by atoms with van der Waals surface area (Å²) in [5, 5.41) is 2.09. The molecule has 24 heavy (non-hydrogen) atoms. The van der Waals surface area contributed by atoms with E-state index in [4.69, 9.17) is 17.3 Å². The first kappa shape index (κ1) is 18.2. The first-order valence-electron chi connectivity index (χ1n) is 7.43. The number of carbonyl (C=O) groups is 3. The fourth-order valence-electron chi connectivity index (χ4n) is 2.47. The van der Waals surface area contributed by atoms with Gasteiger partial charge in [0, 0.05) is 39.1 Å². The zero-order chi connectivity index (χ0) is 17.7. The third kappa shape index (κ3) is 4.90. The van der Waals surface area contributed by atoms with E-state index < -0.39 is 17.8 Å². The van der Waals surface area contributed by atoms with Crippen molar-refractivity contribution < 1.29 is 18.8 Å². The van der Waals surface area contributed by atoms with Crippen LogP contribution in [0.25, 0.3) is 0 Å². The van der Waals surface area contributed by atoms with Crippen molar-refractivity contribution in [3.05, 3.63) is 34.6 Å². The van der Waals surface area contributed by atoms with E-state index in [9.17, 15) is 18.8 Å². The molecule has 0 aromatic heterocycles. The average Bonchev–Trinajstić information content (AvgIpc) is 2.52. The molecule has 9 heteroatoms. The molecule has 3 N–H and O–H groups in total. The lowest BCUT2D eigenvalue weighted by Gasteiger charge is -2.34. The van der Waals surface area contributed by atoms with Crippen molar-refractivity contribution in [3.63, 3.8) is 0 Å². The number of hydrogen-bond acceptors (Lipinski definition) is 4. The first-order chi connectivity index (χ1) is 11.4. The Morgan fingerprint density at radius 2 is 1.88 bits per heavy atom. The molecule has 0 bridgehead atoms. The number of halogens is 2. The van der Waals surface area contributed by atoms with Gasteiger partial charge < -0.3 is 10.6 Å². The van der Waals surface area contributed by atoms with E-state index in [2.05, 4.69) is 0 Å². The van der Waals surface area contributed by atoms with E-state index in [-0.39, 0.29) is 22.9 Å². The summed E-state index contributed by atoms with van der Waals surface area (Å²) >= 11 is 5.92. The van der Waals surface area contributed by atoms with Crippen LogP contribution in [0.2, 0.25) is 5.02 Å². The molecule has 1 aliphatic rings. The highest BCUT2D eigenvalue weighted by Gasteiger charge is 2.24. The summed E-state index contributed by atoms with van der Waals surface area (Å²) in [4.78, 5) is 38.0. The van der Waals surface area contributed by atoms with E-state index in [1.54, 1.807) is 4.90 Å². The predicted octanol–water partition coefficient (Wildman–Crippen LogP) is 0.822. The number of rotatable bonds is 4. The Morgan fingerprint density at radius 1 is 1.21 bits per heavy atom. The zero-order valence-electron chi connectivity index (χ0n) is 12.9. The molecule has 130 valence electrons. The van der Waals surface area contributed by atoms with E-state index in [0.29, 0.717) is 32.7 Å². The molecule has 1 aliphatic heterocycles. The standard InChI is InChI=1S/C15H18ClFN4O3/c16-12-9-10(17)1-2-11(12)14(23)21-7-5-20(6-8-21)4-3-13(22)19-15(18)24/h1-2,9H,3-8H2,(H3,18,19,22,24). The van der Waals surface area contributed by atoms with Gasteiger partial charge in [-0.15, -0.1) is 0 Å². The second kappa shape index (κ2) is 8.07. The fraction of sp³-hybridized carbons (Fsp3) is 0.400. The van der Waals surface area contributed by atoms with Gasteiger partial charge in [-0.05, 0) is 18.2 Å². The maximum absolute atomic E-state index is 13.1. The Balaban J connectivity index is 1.83. The molecule has 1 fully saturated rings. The van der Waals surface area contributed by atoms with Crippen LogP contribution in [-0.4, -0.2) is 60.4 Å². The second-order valence-electron chi connectivity index (χ2n) is 5.42. The van der Waals surface area contributed by atoms with Crippen molar-refractivity contribution >= 4 is 29.4 Å². The van der Waals surface area contributed by atoms with Crippen LogP contribution >= 0.6 is 11.6 Å². The van der Waals surface area contributed by atoms with Gasteiger partial charge in [0.05, 0.1) is 10.6 Å². The Labute approximate surface area is 143 Å². The minimum atomic E-state index is -0.869. The summed E-state index contributed by atoms with van der Waals surface area (Å²) in [6.07, 6.45) is 0.153. The molecule has 0 unspecified atom stereocenters. The molecule has 0 atom stereocenters. The van der Waals surface area contributed by atoms with E-state index in [1.807, 2.05) is 10.2 Å². The number of nitrogens with one attached hydrogen (secondary N) is 1. The lowest BCUT2D eigenvalue weighted by molar-refractivity contribution is -0.120. The molecule has 0 spiro atoms. The number of benzene rings is 1. The van der Waals surface area contributed by atoms with Crippen LogP contribution in [0, 0.1) is 5.82 Å². The Morgan fingerprint density at radius 3 is 2.46 bits per heavy atom. The Hall–Kier alpha value is -2.19. The van der Waals surface area contributed by atoms with Crippen LogP contribution in [0.1, 0.15) is 16.8 Å². The zero-order valence-corrected chi connectivity index (χ0v) is 13.7. The van der Waals surface area contributed by atoms with Gasteiger partial charge in [0.15, 0.2) is 0 Å². The van der Waals surface area contributed by atoms with Gasteiger partial charge in [0.2, 0.25) is 5.91 Å². The quantitative estimate of drug-likeness (QED) is 0.835. The molecule has 7 nitrogen and oxygen atoms in total. The van der Waals surface area contributed by atoms with Crippen LogP contribution < -0.4 is 11.1 Å². The number of nitrogens with zero attached hydrogens (tertiary/aromatic N) is 2. The van der Waals surface area contributed by atoms with Crippen LogP contribution in [0.5, 0.6) is 0 Å². The molecule has 1 aromatic rings. The topological polar surface area (TPSA) is 95.7 Å². The fourth-order valence-corrected chi connectivity index (χ4v) is 2.72. The minimum Gasteiger partial charge on any atom is -0.351 e. The number of piperazine rings is 1. The van der Waals surface area contributed by atoms with Gasteiger partial charge in [-0.3, -0.25) is 19.8 Å². The summed E-state index contributed by atoms with van der Waals surface area (Å²) in [6, 6.07) is 2.82. The van der Waals surface area contributed by atoms with Crippen molar-refractivity contribution in [2.75, 3.05) is 32.7 Å². The van der Waals surface area contributed by atoms with Crippen molar-refractivity contribution in [1.29, 1.82) is 0 Å². The van der Waals surface area contributed by atoms with Gasteiger partial charge in [-0.1, -0.05) is 11.6 Å². The van der Waals surface area contributed by atoms with Gasteiger partial charge >= 0.3 is 6.03 Å². The lowest BCUT2D eigenvalue weighted by Crippen LogP contribution is -2.49. The summed E-state index contributed by atoms with van der Waals surface area (Å²) in [5.41, 5.74) is 5.14. The molecule has 1 aromatic carbocycles. The van der Waals surface area contributed by atoms with E-state index in [1.165, 1.54) is 12.1 Å². The van der Waals surface area contributed by atoms with Gasteiger partial charge in [-0.25, -0.2) is 9.18 Å². The maximum atomic E-state index is 13.1. The van der Waals surface area contributed by atoms with Gasteiger partial charge in [0.25, 0.3) is 5.91 Å². The molecule has 1 heterocycles. The summed E-state index contributed by atoms with van der Waals surface area (Å²) in [5.74, 6) is -1.17. The van der Waals surface area contributed by atoms with Crippen molar-refractivity contribution in [1.82, 2.24) is 15.1 Å². The Bertz CT molecular complexity index is 648. The molecular formula is C15H18ClFN4O3. The molecule has 2 rings (SSSR count). The highest BCUT2D eigenvalue weighted by Crippen LogP contribution is 2.19. The van der Waals surface area contributed by atoms with E-state index in [0.717, 1.165) is 6.07 Å². The number of amides is 4. The number of nitrogens with two attached hydrogens (primary N) is 1. The smallest absolute Gasteiger partial charge is 0.318 e. The highest BCUT2D eigenvalue weighted by atomic mass is 35.5. The Kier molecular flexibility index (Phi) is 6.10. The molecule has 1 saturated heterocycles. The minimum absolute atomic E-state index is 0.0885. The lowest BCUT2D eigenvalue weighted by atomic mass is 10.1. The number of imide groups is 1. The largest absolute Gasteiger partial charge is 0.351 e. The summed E-state index contributed by atoms with van der Waals surface area (Å²) in [6.45, 7) is 2.61. The number of primary amides is 1. The van der Waals surface area contributed by atoms with Crippen molar-refractivity contribution in [3.8, 4) is 0 Å². The molecule has 0 aliphatic carbocycles. The SMILES string of the molecule is NC(=O)NC(=O)CCN1CCN(C(=O)c2ccc(F)cc2Cl)CC1. The van der Waals surface area contributed by atoms with Crippen LogP contribution in [0.15, 0.2) is 18.2 Å². The van der Waals surface area contributed by atoms with Crippen LogP contribution in [-0.2, 0) is 4.79 Å². The number of hydrogen-bond donors (Lipinski definition) is 2. The molecule has 4 amide bonds. The molecular weight excluding hydrogens is 339 g/mol.